The third-order valence-corrected chi connectivity index (χ3v) is 10.3. The highest BCUT2D eigenvalue weighted by Crippen LogP contribution is 2.13. The second-order valence-electron chi connectivity index (χ2n) is 16.8. The number of hydrogen-bond acceptors (Lipinski definition) is 14. The zero-order valence-electron chi connectivity index (χ0n) is 39.8. The molecule has 9 amide bonds. The zero-order valence-corrected chi connectivity index (χ0v) is 39.8. The summed E-state index contributed by atoms with van der Waals surface area (Å²) < 4.78 is 0. The molecule has 2 rings (SSSR count). The van der Waals surface area contributed by atoms with Crippen LogP contribution in [0.2, 0.25) is 0 Å². The number of hydrogen-bond donors (Lipinski definition) is 15. The zero-order chi connectivity index (χ0) is 53.2. The number of carboxylic acids is 1. The van der Waals surface area contributed by atoms with Gasteiger partial charge in [0.15, 0.2) is 5.96 Å². The van der Waals surface area contributed by atoms with Gasteiger partial charge in [0, 0.05) is 25.8 Å². The number of phenolic OH excluding ortho intramolecular Hbond substituents is 1. The summed E-state index contributed by atoms with van der Waals surface area (Å²) in [6.07, 6.45) is -2.39. The van der Waals surface area contributed by atoms with Gasteiger partial charge >= 0.3 is 5.97 Å². The van der Waals surface area contributed by atoms with Gasteiger partial charge in [-0.05, 0) is 61.8 Å². The highest BCUT2D eigenvalue weighted by atomic mass is 16.4. The van der Waals surface area contributed by atoms with Crippen molar-refractivity contribution < 1.29 is 63.3 Å². The molecule has 0 saturated carbocycles. The average Bonchev–Trinajstić information content (AvgIpc) is 3.30. The number of nitrogens with zero attached hydrogens (tertiary/aromatic N) is 1. The number of guanidine groups is 1. The molecule has 0 aliphatic heterocycles. The minimum atomic E-state index is -1.75. The molecule has 0 aromatic heterocycles. The molecule has 0 saturated heterocycles. The first-order valence-electron chi connectivity index (χ1n) is 22.6. The number of carbonyl (C=O) groups is 10. The molecule has 390 valence electrons. The van der Waals surface area contributed by atoms with Crippen molar-refractivity contribution in [3.05, 3.63) is 65.7 Å². The smallest absolute Gasteiger partial charge is 0.326 e. The SMILES string of the molecule is CC(C)CC(NC(=O)C(NC(=O)C(CCCN=C(N)N)NC(=O)CNC(=O)C(CCC(N)=O)NC(=O)CN)C(C)O)C(=O)NC(Cc1ccc(O)cc1)C(=O)NCC(=O)NC(Cc1ccccc1)C(=O)O. The van der Waals surface area contributed by atoms with Crippen LogP contribution in [-0.2, 0) is 60.8 Å². The first-order chi connectivity index (χ1) is 33.5. The summed E-state index contributed by atoms with van der Waals surface area (Å²) in [7, 11) is 0. The highest BCUT2D eigenvalue weighted by Gasteiger charge is 2.34. The maximum absolute atomic E-state index is 14.0. The lowest BCUT2D eigenvalue weighted by Gasteiger charge is -2.28. The number of aliphatic hydroxyl groups excluding tert-OH is 1. The Balaban J connectivity index is 2.29. The molecule has 0 bridgehead atoms. The van der Waals surface area contributed by atoms with E-state index in [1.807, 2.05) is 0 Å². The second kappa shape index (κ2) is 30.6. The number of aliphatic carboxylic acids is 1. The summed E-state index contributed by atoms with van der Waals surface area (Å²) in [5, 5.41) is 49.6. The number of aliphatic hydroxyl groups is 1. The molecule has 2 aromatic rings. The topological polar surface area (TPSA) is 444 Å². The molecule has 0 fully saturated rings. The van der Waals surface area contributed by atoms with Crippen molar-refractivity contribution in [3.8, 4) is 5.75 Å². The van der Waals surface area contributed by atoms with E-state index in [2.05, 4.69) is 47.5 Å². The summed E-state index contributed by atoms with van der Waals surface area (Å²) in [6.45, 7) is 2.76. The molecule has 0 aliphatic carbocycles. The number of carboxylic acid groups (broad SMARTS) is 1. The predicted octanol–water partition coefficient (Wildman–Crippen LogP) is -4.89. The van der Waals surface area contributed by atoms with Crippen molar-refractivity contribution >= 4 is 65.1 Å². The number of aromatic hydroxyl groups is 1. The van der Waals surface area contributed by atoms with Crippen molar-refractivity contribution in [2.45, 2.75) is 108 Å². The third-order valence-electron chi connectivity index (χ3n) is 10.3. The van der Waals surface area contributed by atoms with Crippen LogP contribution in [0.25, 0.3) is 0 Å². The van der Waals surface area contributed by atoms with Crippen molar-refractivity contribution in [2.24, 2.45) is 33.8 Å². The van der Waals surface area contributed by atoms with Gasteiger partial charge in [-0.3, -0.25) is 48.1 Å². The van der Waals surface area contributed by atoms with Gasteiger partial charge < -0.3 is 80.8 Å². The monoisotopic (exact) mass is 997 g/mol. The molecule has 7 atom stereocenters. The van der Waals surface area contributed by atoms with Crippen molar-refractivity contribution in [1.29, 1.82) is 0 Å². The first-order valence-corrected chi connectivity index (χ1v) is 22.6. The van der Waals surface area contributed by atoms with E-state index in [1.165, 1.54) is 31.2 Å². The van der Waals surface area contributed by atoms with E-state index in [4.69, 9.17) is 22.9 Å². The molecule has 7 unspecified atom stereocenters. The Kier molecular flexibility index (Phi) is 25.5. The summed E-state index contributed by atoms with van der Waals surface area (Å²) in [5.74, 6) is -9.81. The maximum atomic E-state index is 14.0. The molecule has 2 aromatic carbocycles. The lowest BCUT2D eigenvalue weighted by Crippen LogP contribution is -2.61. The van der Waals surface area contributed by atoms with E-state index < -0.39 is 121 Å². The second-order valence-corrected chi connectivity index (χ2v) is 16.8. The minimum absolute atomic E-state index is 0.00627. The number of nitrogens with one attached hydrogen (secondary N) is 8. The van der Waals surface area contributed by atoms with E-state index in [9.17, 15) is 63.3 Å². The van der Waals surface area contributed by atoms with Crippen LogP contribution >= 0.6 is 0 Å². The molecule has 0 spiro atoms. The molecule has 0 radical (unpaired) electrons. The number of aliphatic imine (C=N–C) groups is 1. The fourth-order valence-electron chi connectivity index (χ4n) is 6.68. The molecular weight excluding hydrogens is 931 g/mol. The number of amides is 9. The Bertz CT molecular complexity index is 2170. The molecule has 26 heteroatoms. The predicted molar refractivity (Wildman–Crippen MR) is 256 cm³/mol. The highest BCUT2D eigenvalue weighted by molar-refractivity contribution is 5.97. The van der Waals surface area contributed by atoms with Crippen LogP contribution in [0.5, 0.6) is 5.75 Å². The quantitative estimate of drug-likeness (QED) is 0.0191. The van der Waals surface area contributed by atoms with E-state index >= 15 is 0 Å². The molecule has 26 nitrogen and oxygen atoms in total. The van der Waals surface area contributed by atoms with Gasteiger partial charge in [-0.15, -0.1) is 0 Å². The van der Waals surface area contributed by atoms with Gasteiger partial charge in [-0.1, -0.05) is 56.3 Å². The van der Waals surface area contributed by atoms with Crippen LogP contribution in [0.15, 0.2) is 59.6 Å². The number of primary amides is 1. The van der Waals surface area contributed by atoms with Crippen LogP contribution in [0.3, 0.4) is 0 Å². The molecular formula is C45H67N13O13. The van der Waals surface area contributed by atoms with Crippen LogP contribution in [0.1, 0.15) is 64.0 Å². The van der Waals surface area contributed by atoms with Gasteiger partial charge in [0.25, 0.3) is 0 Å². The number of phenols is 1. The molecule has 71 heavy (non-hydrogen) atoms. The van der Waals surface area contributed by atoms with Gasteiger partial charge in [-0.2, -0.15) is 0 Å². The van der Waals surface area contributed by atoms with E-state index in [0.29, 0.717) is 11.1 Å². The summed E-state index contributed by atoms with van der Waals surface area (Å²) in [5.41, 5.74) is 22.4. The fraction of sp³-hybridized carbons (Fsp3) is 0.489. The largest absolute Gasteiger partial charge is 0.508 e. The summed E-state index contributed by atoms with van der Waals surface area (Å²) in [6, 6.07) is 5.62. The van der Waals surface area contributed by atoms with Crippen molar-refractivity contribution in [2.75, 3.05) is 26.2 Å². The standard InChI is InChI=1S/C45H67N13O13/c1-24(2)18-31(42(68)56-32(19-27-11-13-28(60)14-12-27)40(66)52-23-37(64)55-33(44(70)71)20-26-8-5-4-6-9-26)57-43(69)38(25(3)59)58-41(67)29(10-7-17-50-45(48)49)54-36(63)22-51-39(65)30(15-16-34(47)61)53-35(62)21-46/h4-6,8-9,11-14,24-25,29-33,38,59-60H,7,10,15-23,46H2,1-3H3,(H2,47,61)(H,51,65)(H,52,66)(H,53,62)(H,54,63)(H,55,64)(H,56,68)(H,57,69)(H,58,67)(H,70,71)(H4,48,49,50). The lowest BCUT2D eigenvalue weighted by molar-refractivity contribution is -0.141. The minimum Gasteiger partial charge on any atom is -0.508 e. The van der Waals surface area contributed by atoms with Gasteiger partial charge in [0.1, 0.15) is 42.0 Å². The average molecular weight is 998 g/mol. The normalized spacial score (nSPS) is 13.8. The fourth-order valence-corrected chi connectivity index (χ4v) is 6.68. The summed E-state index contributed by atoms with van der Waals surface area (Å²) >= 11 is 0. The van der Waals surface area contributed by atoms with Crippen molar-refractivity contribution in [1.82, 2.24) is 42.5 Å². The Morgan fingerprint density at radius 3 is 1.63 bits per heavy atom. The maximum Gasteiger partial charge on any atom is 0.326 e. The van der Waals surface area contributed by atoms with Gasteiger partial charge in [0.05, 0.1) is 25.7 Å². The van der Waals surface area contributed by atoms with Crippen LogP contribution in [0, 0.1) is 5.92 Å². The summed E-state index contributed by atoms with van der Waals surface area (Å²) in [4.78, 5) is 133. The number of rotatable bonds is 31. The number of benzene rings is 2. The Labute approximate surface area is 409 Å². The molecule has 19 N–H and O–H groups in total. The van der Waals surface area contributed by atoms with Crippen LogP contribution in [-0.4, -0.2) is 149 Å². The van der Waals surface area contributed by atoms with Gasteiger partial charge in [-0.25, -0.2) is 4.79 Å². The van der Waals surface area contributed by atoms with Crippen molar-refractivity contribution in [3.63, 3.8) is 0 Å². The van der Waals surface area contributed by atoms with Crippen LogP contribution < -0.4 is 65.5 Å². The Hall–Kier alpha value is -7.87. The number of nitrogens with two attached hydrogens (primary N) is 4. The first kappa shape index (κ1) is 59.3. The third kappa shape index (κ3) is 23.3. The van der Waals surface area contributed by atoms with E-state index in [-0.39, 0.29) is 69.1 Å². The van der Waals surface area contributed by atoms with E-state index in [0.717, 1.165) is 0 Å². The lowest BCUT2D eigenvalue weighted by atomic mass is 10.00. The Morgan fingerprint density at radius 2 is 1.10 bits per heavy atom. The molecule has 0 aliphatic rings. The van der Waals surface area contributed by atoms with Gasteiger partial charge in [0.2, 0.25) is 53.2 Å². The van der Waals surface area contributed by atoms with E-state index in [1.54, 1.807) is 44.2 Å². The molecule has 0 heterocycles. The Morgan fingerprint density at radius 1 is 0.592 bits per heavy atom. The number of carbonyl (C=O) groups excluding carboxylic acids is 9. The van der Waals surface area contributed by atoms with Crippen LogP contribution in [0.4, 0.5) is 0 Å².